The Kier molecular flexibility index (Phi) is 7.91. The van der Waals surface area contributed by atoms with Crippen LogP contribution in [0.2, 0.25) is 0 Å². The highest BCUT2D eigenvalue weighted by Gasteiger charge is 2.20. The number of nitrogens with zero attached hydrogens (tertiary/aromatic N) is 1. The van der Waals surface area contributed by atoms with E-state index in [1.54, 1.807) is 7.11 Å². The zero-order valence-corrected chi connectivity index (χ0v) is 15.4. The fourth-order valence-electron chi connectivity index (χ4n) is 2.82. The van der Waals surface area contributed by atoms with E-state index >= 15 is 0 Å². The zero-order chi connectivity index (χ0) is 16.7. The largest absolute Gasteiger partial charge is 0.496 e. The lowest BCUT2D eigenvalue weighted by atomic mass is 10.0. The molecule has 3 atom stereocenters. The van der Waals surface area contributed by atoms with Gasteiger partial charge in [-0.3, -0.25) is 4.90 Å². The predicted molar refractivity (Wildman–Crippen MR) is 95.6 cm³/mol. The first kappa shape index (κ1) is 19.0. The molecule has 1 N–H and O–H groups in total. The third-order valence-electron chi connectivity index (χ3n) is 4.60. The summed E-state index contributed by atoms with van der Waals surface area (Å²) in [5.74, 6) is 1.63. The van der Waals surface area contributed by atoms with Gasteiger partial charge >= 0.3 is 0 Å². The van der Waals surface area contributed by atoms with E-state index < -0.39 is 0 Å². The van der Waals surface area contributed by atoms with E-state index in [2.05, 4.69) is 63.9 Å². The van der Waals surface area contributed by atoms with E-state index in [9.17, 15) is 0 Å². The number of para-hydroxylation sites is 1. The summed E-state index contributed by atoms with van der Waals surface area (Å²) in [6.07, 6.45) is 0. The summed E-state index contributed by atoms with van der Waals surface area (Å²) in [5.41, 5.74) is 1.26. The summed E-state index contributed by atoms with van der Waals surface area (Å²) in [5, 5.41) is 3.71. The van der Waals surface area contributed by atoms with Gasteiger partial charge in [0.25, 0.3) is 0 Å². The second kappa shape index (κ2) is 9.16. The van der Waals surface area contributed by atoms with Crippen molar-refractivity contribution in [3.05, 3.63) is 29.8 Å². The van der Waals surface area contributed by atoms with Crippen molar-refractivity contribution >= 4 is 0 Å². The molecule has 3 heteroatoms. The minimum absolute atomic E-state index is 0.347. The summed E-state index contributed by atoms with van der Waals surface area (Å²) in [7, 11) is 1.75. The number of ether oxygens (including phenoxy) is 1. The van der Waals surface area contributed by atoms with Crippen LogP contribution in [0.15, 0.2) is 24.3 Å². The number of hydrogen-bond donors (Lipinski definition) is 1. The Morgan fingerprint density at radius 1 is 1.09 bits per heavy atom. The predicted octanol–water partition coefficient (Wildman–Crippen LogP) is 4.10. The molecule has 0 aromatic heterocycles. The Bertz CT molecular complexity index is 433. The number of benzene rings is 1. The maximum atomic E-state index is 5.52. The molecule has 0 saturated heterocycles. The van der Waals surface area contributed by atoms with Crippen molar-refractivity contribution in [1.82, 2.24) is 10.2 Å². The monoisotopic (exact) mass is 306 g/mol. The maximum absolute atomic E-state index is 5.52. The van der Waals surface area contributed by atoms with Gasteiger partial charge < -0.3 is 10.1 Å². The fraction of sp³-hybridized carbons (Fsp3) is 0.684. The van der Waals surface area contributed by atoms with Gasteiger partial charge in [-0.1, -0.05) is 39.0 Å². The number of nitrogens with one attached hydrogen (secondary N) is 1. The fourth-order valence-corrected chi connectivity index (χ4v) is 2.82. The standard InChI is InChI=1S/C19H34N2O/c1-8-21(13-15(4)20-16(5)14(2)3)17(6)18-11-9-10-12-19(18)22-7/h9-12,14-17,20H,8,13H2,1-7H3/t15-,16?,17-/m0/s1. The maximum Gasteiger partial charge on any atom is 0.123 e. The quantitative estimate of drug-likeness (QED) is 0.743. The first-order chi connectivity index (χ1) is 10.4. The number of hydrogen-bond acceptors (Lipinski definition) is 3. The molecule has 0 fully saturated rings. The molecule has 0 saturated carbocycles. The first-order valence-electron chi connectivity index (χ1n) is 8.53. The molecule has 1 aromatic rings. The molecular formula is C19H34N2O. The molecule has 1 rings (SSSR count). The van der Waals surface area contributed by atoms with Gasteiger partial charge in [0.05, 0.1) is 7.11 Å². The summed E-state index contributed by atoms with van der Waals surface area (Å²) in [6.45, 7) is 15.6. The SMILES string of the molecule is CCN(C[C@H](C)NC(C)C(C)C)[C@@H](C)c1ccccc1OC. The minimum atomic E-state index is 0.347. The second-order valence-electron chi connectivity index (χ2n) is 6.61. The van der Waals surface area contributed by atoms with Crippen molar-refractivity contribution in [3.63, 3.8) is 0 Å². The molecule has 0 bridgehead atoms. The van der Waals surface area contributed by atoms with Crippen LogP contribution < -0.4 is 10.1 Å². The van der Waals surface area contributed by atoms with Crippen LogP contribution in [-0.4, -0.2) is 37.2 Å². The van der Waals surface area contributed by atoms with Crippen molar-refractivity contribution in [2.24, 2.45) is 5.92 Å². The van der Waals surface area contributed by atoms with Crippen molar-refractivity contribution in [1.29, 1.82) is 0 Å². The van der Waals surface area contributed by atoms with Crippen molar-refractivity contribution in [2.75, 3.05) is 20.2 Å². The topological polar surface area (TPSA) is 24.5 Å². The Hall–Kier alpha value is -1.06. The van der Waals surface area contributed by atoms with Crippen molar-refractivity contribution < 1.29 is 4.74 Å². The average Bonchev–Trinajstić information content (AvgIpc) is 2.51. The van der Waals surface area contributed by atoms with Crippen molar-refractivity contribution in [3.8, 4) is 5.75 Å². The van der Waals surface area contributed by atoms with Crippen molar-refractivity contribution in [2.45, 2.75) is 59.7 Å². The first-order valence-corrected chi connectivity index (χ1v) is 8.53. The van der Waals surface area contributed by atoms with Gasteiger partial charge in [0.2, 0.25) is 0 Å². The van der Waals surface area contributed by atoms with Gasteiger partial charge in [0.1, 0.15) is 5.75 Å². The summed E-state index contributed by atoms with van der Waals surface area (Å²) in [4.78, 5) is 2.50. The second-order valence-corrected chi connectivity index (χ2v) is 6.61. The molecule has 0 spiro atoms. The van der Waals surface area contributed by atoms with E-state index in [0.29, 0.717) is 24.0 Å². The van der Waals surface area contributed by atoms with Gasteiger partial charge in [-0.2, -0.15) is 0 Å². The Labute approximate surface area is 137 Å². The lowest BCUT2D eigenvalue weighted by Gasteiger charge is -2.33. The lowest BCUT2D eigenvalue weighted by Crippen LogP contribution is -2.45. The van der Waals surface area contributed by atoms with E-state index in [0.717, 1.165) is 18.8 Å². The summed E-state index contributed by atoms with van der Waals surface area (Å²) < 4.78 is 5.52. The van der Waals surface area contributed by atoms with E-state index in [1.165, 1.54) is 5.56 Å². The third-order valence-corrected chi connectivity index (χ3v) is 4.60. The average molecular weight is 306 g/mol. The minimum Gasteiger partial charge on any atom is -0.496 e. The molecular weight excluding hydrogens is 272 g/mol. The van der Waals surface area contributed by atoms with Crippen LogP contribution in [0, 0.1) is 5.92 Å². The van der Waals surface area contributed by atoms with Crippen LogP contribution in [0.5, 0.6) is 5.75 Å². The molecule has 0 aliphatic carbocycles. The molecule has 1 aromatic carbocycles. The number of likely N-dealkylation sites (N-methyl/N-ethyl adjacent to an activating group) is 1. The molecule has 0 aliphatic heterocycles. The van der Waals surface area contributed by atoms with Gasteiger partial charge in [0.15, 0.2) is 0 Å². The van der Waals surface area contributed by atoms with Gasteiger partial charge in [0, 0.05) is 30.2 Å². The Balaban J connectivity index is 2.74. The molecule has 0 aliphatic rings. The van der Waals surface area contributed by atoms with Crippen LogP contribution in [0.25, 0.3) is 0 Å². The molecule has 126 valence electrons. The molecule has 3 nitrogen and oxygen atoms in total. The molecule has 0 heterocycles. The van der Waals surface area contributed by atoms with Gasteiger partial charge in [-0.15, -0.1) is 0 Å². The number of rotatable bonds is 9. The van der Waals surface area contributed by atoms with Crippen LogP contribution in [-0.2, 0) is 0 Å². The molecule has 22 heavy (non-hydrogen) atoms. The summed E-state index contributed by atoms with van der Waals surface area (Å²) >= 11 is 0. The van der Waals surface area contributed by atoms with E-state index in [4.69, 9.17) is 4.74 Å². The zero-order valence-electron chi connectivity index (χ0n) is 15.4. The molecule has 1 unspecified atom stereocenters. The van der Waals surface area contributed by atoms with Crippen LogP contribution in [0.3, 0.4) is 0 Å². The highest BCUT2D eigenvalue weighted by molar-refractivity contribution is 5.35. The van der Waals surface area contributed by atoms with Gasteiger partial charge in [-0.25, -0.2) is 0 Å². The highest BCUT2D eigenvalue weighted by atomic mass is 16.5. The van der Waals surface area contributed by atoms with Crippen LogP contribution in [0.1, 0.15) is 53.1 Å². The normalized spacial score (nSPS) is 15.9. The third kappa shape index (κ3) is 5.29. The van der Waals surface area contributed by atoms with Gasteiger partial charge in [-0.05, 0) is 39.3 Å². The molecule has 0 radical (unpaired) electrons. The van der Waals surface area contributed by atoms with Crippen LogP contribution >= 0.6 is 0 Å². The molecule has 0 amide bonds. The summed E-state index contributed by atoms with van der Waals surface area (Å²) in [6, 6.07) is 9.68. The smallest absolute Gasteiger partial charge is 0.123 e. The van der Waals surface area contributed by atoms with E-state index in [-0.39, 0.29) is 0 Å². The van der Waals surface area contributed by atoms with E-state index in [1.807, 2.05) is 12.1 Å². The van der Waals surface area contributed by atoms with Crippen LogP contribution in [0.4, 0.5) is 0 Å². The number of methoxy groups -OCH3 is 1. The Morgan fingerprint density at radius 3 is 2.27 bits per heavy atom. The lowest BCUT2D eigenvalue weighted by molar-refractivity contribution is 0.190. The highest BCUT2D eigenvalue weighted by Crippen LogP contribution is 2.28. The Morgan fingerprint density at radius 2 is 1.73 bits per heavy atom.